The Balaban J connectivity index is 2.19. The first-order valence-corrected chi connectivity index (χ1v) is 8.36. The van der Waals surface area contributed by atoms with Gasteiger partial charge >= 0.3 is 0 Å². The predicted octanol–water partition coefficient (Wildman–Crippen LogP) is 4.07. The number of aryl methyl sites for hydroxylation is 1. The normalized spacial score (nSPS) is 19.7. The summed E-state index contributed by atoms with van der Waals surface area (Å²) in [6.07, 6.45) is 2.35. The van der Waals surface area contributed by atoms with Gasteiger partial charge in [0.25, 0.3) is 5.56 Å². The van der Waals surface area contributed by atoms with Gasteiger partial charge in [0.2, 0.25) is 0 Å². The monoisotopic (exact) mass is 361 g/mol. The highest BCUT2D eigenvalue weighted by Gasteiger charge is 2.35. The van der Waals surface area contributed by atoms with Crippen LogP contribution in [0.4, 0.5) is 0 Å². The lowest BCUT2D eigenvalue weighted by Crippen LogP contribution is -2.37. The van der Waals surface area contributed by atoms with E-state index in [9.17, 15) is 4.79 Å². The molecule has 1 aromatic heterocycles. The van der Waals surface area contributed by atoms with E-state index in [0.717, 1.165) is 16.5 Å². The van der Waals surface area contributed by atoms with E-state index in [1.54, 1.807) is 4.57 Å². The first-order valence-electron chi connectivity index (χ1n) is 7.57. The summed E-state index contributed by atoms with van der Waals surface area (Å²) in [5.74, 6) is 0. The van der Waals surface area contributed by atoms with E-state index in [1.165, 1.54) is 5.56 Å². The third-order valence-corrected chi connectivity index (χ3v) is 4.61. The maximum Gasteiger partial charge on any atom is 0.256 e. The number of halogens is 1. The van der Waals surface area contributed by atoms with Crippen LogP contribution in [-0.2, 0) is 17.7 Å². The van der Waals surface area contributed by atoms with Crippen LogP contribution in [-0.4, -0.2) is 10.2 Å². The number of pyridine rings is 1. The molecule has 0 N–H and O–H groups in total. The third-order valence-electron chi connectivity index (χ3n) is 4.12. The zero-order valence-corrected chi connectivity index (χ0v) is 14.7. The molecule has 3 nitrogen and oxygen atoms in total. The minimum Gasteiger partial charge on any atom is -0.362 e. The smallest absolute Gasteiger partial charge is 0.256 e. The van der Waals surface area contributed by atoms with Gasteiger partial charge in [0.05, 0.1) is 11.2 Å². The lowest BCUT2D eigenvalue weighted by molar-refractivity contribution is -0.0675. The number of benzene rings is 1. The first kappa shape index (κ1) is 15.5. The molecule has 22 heavy (non-hydrogen) atoms. The Morgan fingerprint density at radius 1 is 1.32 bits per heavy atom. The van der Waals surface area contributed by atoms with Crippen molar-refractivity contribution >= 4 is 15.9 Å². The van der Waals surface area contributed by atoms with Crippen LogP contribution in [0, 0.1) is 0 Å². The van der Waals surface area contributed by atoms with Crippen molar-refractivity contribution in [3.8, 4) is 0 Å². The molecule has 0 aliphatic carbocycles. The van der Waals surface area contributed by atoms with Gasteiger partial charge in [-0.2, -0.15) is 0 Å². The summed E-state index contributed by atoms with van der Waals surface area (Å²) < 4.78 is 9.01. The molecular formula is C18H20BrNO2. The molecule has 4 heteroatoms. The van der Waals surface area contributed by atoms with Gasteiger partial charge in [0.15, 0.2) is 0 Å². The van der Waals surface area contributed by atoms with Gasteiger partial charge in [-0.3, -0.25) is 4.79 Å². The number of ether oxygens (including phenoxy) is 1. The molecule has 1 atom stereocenters. The van der Waals surface area contributed by atoms with Gasteiger partial charge in [0, 0.05) is 23.6 Å². The van der Waals surface area contributed by atoms with Crippen molar-refractivity contribution in [3.05, 3.63) is 68.0 Å². The van der Waals surface area contributed by atoms with Gasteiger partial charge < -0.3 is 9.30 Å². The second kappa shape index (κ2) is 5.67. The number of hydrogen-bond donors (Lipinski definition) is 0. The van der Waals surface area contributed by atoms with Gasteiger partial charge in [-0.15, -0.1) is 0 Å². The molecule has 0 spiro atoms. The van der Waals surface area contributed by atoms with E-state index in [4.69, 9.17) is 4.74 Å². The second-order valence-corrected chi connectivity index (χ2v) is 7.25. The van der Waals surface area contributed by atoms with E-state index in [1.807, 2.05) is 31.3 Å². The van der Waals surface area contributed by atoms with Crippen LogP contribution in [0.2, 0.25) is 0 Å². The molecule has 2 heterocycles. The Bertz CT molecular complexity index is 764. The Labute approximate surface area is 139 Å². The summed E-state index contributed by atoms with van der Waals surface area (Å²) in [4.78, 5) is 12.7. The van der Waals surface area contributed by atoms with Crippen LogP contribution in [0.1, 0.15) is 43.6 Å². The van der Waals surface area contributed by atoms with Crippen LogP contribution in [0.15, 0.2) is 45.8 Å². The van der Waals surface area contributed by atoms with Crippen molar-refractivity contribution in [2.24, 2.45) is 0 Å². The van der Waals surface area contributed by atoms with Crippen molar-refractivity contribution in [1.82, 2.24) is 4.57 Å². The minimum absolute atomic E-state index is 0.0265. The molecular weight excluding hydrogens is 342 g/mol. The molecule has 0 fully saturated rings. The molecule has 2 aromatic rings. The summed E-state index contributed by atoms with van der Waals surface area (Å²) in [6.45, 7) is 6.79. The number of aromatic nitrogens is 1. The summed E-state index contributed by atoms with van der Waals surface area (Å²) in [5.41, 5.74) is 2.77. The predicted molar refractivity (Wildman–Crippen MR) is 91.2 cm³/mol. The fraction of sp³-hybridized carbons (Fsp3) is 0.389. The van der Waals surface area contributed by atoms with Crippen LogP contribution in [0.3, 0.4) is 0 Å². The molecule has 0 radical (unpaired) electrons. The zero-order chi connectivity index (χ0) is 15.9. The molecule has 1 aliphatic rings. The maximum absolute atomic E-state index is 12.7. The number of rotatable bonds is 2. The van der Waals surface area contributed by atoms with Crippen LogP contribution in [0.25, 0.3) is 0 Å². The summed E-state index contributed by atoms with van der Waals surface area (Å²) in [5, 5.41) is 0. The average Bonchev–Trinajstić information content (AvgIpc) is 2.47. The Morgan fingerprint density at radius 3 is 2.82 bits per heavy atom. The SMILES string of the molecule is CCn1cccc(C2OC(C)(C)Cc3ccc(Br)cc32)c1=O. The standard InChI is InChI=1S/C18H20BrNO2/c1-4-20-9-5-6-14(17(20)21)16-15-10-13(19)8-7-12(15)11-18(2,3)22-16/h5-10,16H,4,11H2,1-3H3. The van der Waals surface area contributed by atoms with Gasteiger partial charge in [-0.1, -0.05) is 22.0 Å². The topological polar surface area (TPSA) is 31.2 Å². The van der Waals surface area contributed by atoms with Gasteiger partial charge in [-0.25, -0.2) is 0 Å². The van der Waals surface area contributed by atoms with E-state index >= 15 is 0 Å². The molecule has 1 aromatic carbocycles. The molecule has 116 valence electrons. The van der Waals surface area contributed by atoms with Crippen LogP contribution in [0.5, 0.6) is 0 Å². The highest BCUT2D eigenvalue weighted by molar-refractivity contribution is 9.10. The number of hydrogen-bond acceptors (Lipinski definition) is 2. The molecule has 0 saturated heterocycles. The second-order valence-electron chi connectivity index (χ2n) is 6.33. The lowest BCUT2D eigenvalue weighted by Gasteiger charge is -2.37. The van der Waals surface area contributed by atoms with E-state index in [-0.39, 0.29) is 17.3 Å². The summed E-state index contributed by atoms with van der Waals surface area (Å²) in [7, 11) is 0. The molecule has 1 aliphatic heterocycles. The lowest BCUT2D eigenvalue weighted by atomic mass is 9.86. The van der Waals surface area contributed by atoms with Crippen molar-refractivity contribution in [2.75, 3.05) is 0 Å². The Kier molecular flexibility index (Phi) is 4.00. The van der Waals surface area contributed by atoms with E-state index in [0.29, 0.717) is 12.1 Å². The Hall–Kier alpha value is -1.39. The average molecular weight is 362 g/mol. The summed E-state index contributed by atoms with van der Waals surface area (Å²) >= 11 is 3.53. The van der Waals surface area contributed by atoms with Crippen LogP contribution >= 0.6 is 15.9 Å². The number of fused-ring (bicyclic) bond motifs is 1. The van der Waals surface area contributed by atoms with Crippen molar-refractivity contribution in [1.29, 1.82) is 0 Å². The molecule has 0 amide bonds. The van der Waals surface area contributed by atoms with Crippen molar-refractivity contribution in [3.63, 3.8) is 0 Å². The molecule has 0 saturated carbocycles. The third kappa shape index (κ3) is 2.77. The number of nitrogens with zero attached hydrogens (tertiary/aromatic N) is 1. The highest BCUT2D eigenvalue weighted by Crippen LogP contribution is 2.39. The van der Waals surface area contributed by atoms with Gasteiger partial charge in [-0.05, 0) is 56.2 Å². The maximum atomic E-state index is 12.7. The molecule has 3 rings (SSSR count). The van der Waals surface area contributed by atoms with E-state index < -0.39 is 0 Å². The molecule has 1 unspecified atom stereocenters. The largest absolute Gasteiger partial charge is 0.362 e. The van der Waals surface area contributed by atoms with Crippen molar-refractivity contribution < 1.29 is 4.74 Å². The Morgan fingerprint density at radius 2 is 2.09 bits per heavy atom. The minimum atomic E-state index is -0.317. The quantitative estimate of drug-likeness (QED) is 0.807. The summed E-state index contributed by atoms with van der Waals surface area (Å²) in [6, 6.07) is 10.0. The fourth-order valence-corrected chi connectivity index (χ4v) is 3.47. The van der Waals surface area contributed by atoms with Crippen LogP contribution < -0.4 is 5.56 Å². The van der Waals surface area contributed by atoms with Gasteiger partial charge in [0.1, 0.15) is 6.10 Å². The highest BCUT2D eigenvalue weighted by atomic mass is 79.9. The molecule has 0 bridgehead atoms. The first-order chi connectivity index (χ1) is 10.4. The zero-order valence-electron chi connectivity index (χ0n) is 13.1. The fourth-order valence-electron chi connectivity index (χ4n) is 3.09. The van der Waals surface area contributed by atoms with Crippen molar-refractivity contribution in [2.45, 2.75) is 45.4 Å². The van der Waals surface area contributed by atoms with E-state index in [2.05, 4.69) is 41.9 Å².